The summed E-state index contributed by atoms with van der Waals surface area (Å²) < 4.78 is 0. The Balaban J connectivity index is 2.16. The van der Waals surface area contributed by atoms with Crippen LogP contribution < -0.4 is 11.3 Å². The summed E-state index contributed by atoms with van der Waals surface area (Å²) in [7, 11) is 0. The van der Waals surface area contributed by atoms with Gasteiger partial charge in [-0.15, -0.1) is 0 Å². The minimum Gasteiger partial charge on any atom is -0.271 e. The molecule has 1 aliphatic carbocycles. The number of hydrogen-bond acceptors (Lipinski definition) is 3. The molecule has 1 saturated carbocycles. The molecule has 0 atom stereocenters. The van der Waals surface area contributed by atoms with Gasteiger partial charge in [0.25, 0.3) is 0 Å². The van der Waals surface area contributed by atoms with Gasteiger partial charge in [0, 0.05) is 13.0 Å². The summed E-state index contributed by atoms with van der Waals surface area (Å²) in [6.45, 7) is 0.930. The zero-order chi connectivity index (χ0) is 8.81. The van der Waals surface area contributed by atoms with Crippen LogP contribution in [0.2, 0.25) is 0 Å². The molecule has 0 radical (unpaired) electrons. The highest BCUT2D eigenvalue weighted by Gasteiger charge is 2.19. The van der Waals surface area contributed by atoms with Gasteiger partial charge >= 0.3 is 0 Å². The lowest BCUT2D eigenvalue weighted by Crippen LogP contribution is -2.31. The molecule has 1 rings (SSSR count). The summed E-state index contributed by atoms with van der Waals surface area (Å²) >= 11 is 0. The molecule has 0 aliphatic heterocycles. The Morgan fingerprint density at radius 1 is 1.25 bits per heavy atom. The zero-order valence-electron chi connectivity index (χ0n) is 7.42. The van der Waals surface area contributed by atoms with Crippen molar-refractivity contribution in [2.24, 2.45) is 17.7 Å². The number of hydrazine groups is 1. The van der Waals surface area contributed by atoms with Crippen molar-refractivity contribution >= 4 is 0 Å². The van der Waals surface area contributed by atoms with Gasteiger partial charge in [-0.05, 0) is 37.5 Å². The summed E-state index contributed by atoms with van der Waals surface area (Å²) in [5, 5.41) is 8.51. The maximum absolute atomic E-state index is 8.51. The van der Waals surface area contributed by atoms with E-state index in [9.17, 15) is 0 Å². The third kappa shape index (κ3) is 2.80. The van der Waals surface area contributed by atoms with Gasteiger partial charge in [-0.3, -0.25) is 11.3 Å². The monoisotopic (exact) mass is 167 g/mol. The first-order valence-corrected chi connectivity index (χ1v) is 4.67. The van der Waals surface area contributed by atoms with Crippen LogP contribution in [-0.4, -0.2) is 6.54 Å². The lowest BCUT2D eigenvalue weighted by molar-refractivity contribution is 0.271. The first kappa shape index (κ1) is 9.50. The average Bonchev–Trinajstić information content (AvgIpc) is 2.09. The molecule has 3 N–H and O–H groups in total. The molecule has 12 heavy (non-hydrogen) atoms. The predicted octanol–water partition coefficient (Wildman–Crippen LogP) is 1.17. The Morgan fingerprint density at radius 2 is 1.83 bits per heavy atom. The van der Waals surface area contributed by atoms with Gasteiger partial charge in [-0.1, -0.05) is 0 Å². The molecule has 0 heterocycles. The molecule has 68 valence electrons. The Kier molecular flexibility index (Phi) is 4.06. The summed E-state index contributed by atoms with van der Waals surface area (Å²) in [6.07, 6.45) is 5.62. The summed E-state index contributed by atoms with van der Waals surface area (Å²) in [4.78, 5) is 0. The van der Waals surface area contributed by atoms with E-state index < -0.39 is 0 Å². The largest absolute Gasteiger partial charge is 0.271 e. The normalized spacial score (nSPS) is 29.7. The molecule has 0 bridgehead atoms. The van der Waals surface area contributed by atoms with Gasteiger partial charge in [0.2, 0.25) is 0 Å². The van der Waals surface area contributed by atoms with Crippen LogP contribution in [-0.2, 0) is 0 Å². The van der Waals surface area contributed by atoms with Crippen molar-refractivity contribution in [2.45, 2.75) is 32.1 Å². The summed E-state index contributed by atoms with van der Waals surface area (Å²) in [5.41, 5.74) is 2.72. The second kappa shape index (κ2) is 5.13. The lowest BCUT2D eigenvalue weighted by atomic mass is 9.81. The molecule has 1 aliphatic rings. The maximum Gasteiger partial charge on any atom is 0.0624 e. The fourth-order valence-corrected chi connectivity index (χ4v) is 1.94. The van der Waals surface area contributed by atoms with Crippen LogP contribution in [0.15, 0.2) is 0 Å². The topological polar surface area (TPSA) is 61.8 Å². The molecule has 0 saturated heterocycles. The first-order chi connectivity index (χ1) is 5.86. The standard InChI is InChI=1S/C9H17N3/c10-6-5-8-1-3-9(4-2-8)7-12-11/h8-9,12H,1-5,7,11H2. The highest BCUT2D eigenvalue weighted by atomic mass is 15.2. The van der Waals surface area contributed by atoms with Crippen molar-refractivity contribution < 1.29 is 0 Å². The van der Waals surface area contributed by atoms with Crippen LogP contribution in [0.3, 0.4) is 0 Å². The van der Waals surface area contributed by atoms with Gasteiger partial charge < -0.3 is 0 Å². The van der Waals surface area contributed by atoms with Crippen LogP contribution in [0, 0.1) is 23.2 Å². The van der Waals surface area contributed by atoms with E-state index in [0.29, 0.717) is 5.92 Å². The quantitative estimate of drug-likeness (QED) is 0.490. The predicted molar refractivity (Wildman–Crippen MR) is 47.9 cm³/mol. The van der Waals surface area contributed by atoms with E-state index in [-0.39, 0.29) is 0 Å². The van der Waals surface area contributed by atoms with E-state index >= 15 is 0 Å². The third-order valence-corrected chi connectivity index (χ3v) is 2.75. The molecule has 0 spiro atoms. The Labute approximate surface area is 73.9 Å². The van der Waals surface area contributed by atoms with E-state index in [2.05, 4.69) is 11.5 Å². The fraction of sp³-hybridized carbons (Fsp3) is 0.889. The highest BCUT2D eigenvalue weighted by molar-refractivity contribution is 4.80. The second-order valence-corrected chi connectivity index (χ2v) is 3.66. The van der Waals surface area contributed by atoms with Crippen LogP contribution in [0.1, 0.15) is 32.1 Å². The van der Waals surface area contributed by atoms with Crippen LogP contribution in [0.4, 0.5) is 0 Å². The van der Waals surface area contributed by atoms with E-state index in [0.717, 1.165) is 18.9 Å². The minimum atomic E-state index is 0.657. The molecule has 0 unspecified atom stereocenters. The molecule has 3 heteroatoms. The van der Waals surface area contributed by atoms with Crippen LogP contribution >= 0.6 is 0 Å². The smallest absolute Gasteiger partial charge is 0.0624 e. The van der Waals surface area contributed by atoms with Crippen molar-refractivity contribution in [1.29, 1.82) is 5.26 Å². The average molecular weight is 167 g/mol. The summed E-state index contributed by atoms with van der Waals surface area (Å²) in [6, 6.07) is 2.24. The molecule has 1 fully saturated rings. The van der Waals surface area contributed by atoms with Crippen LogP contribution in [0.25, 0.3) is 0 Å². The van der Waals surface area contributed by atoms with E-state index in [1.807, 2.05) is 0 Å². The molecule has 3 nitrogen and oxygen atoms in total. The van der Waals surface area contributed by atoms with Crippen molar-refractivity contribution in [2.75, 3.05) is 6.54 Å². The van der Waals surface area contributed by atoms with Crippen LogP contribution in [0.5, 0.6) is 0 Å². The Bertz CT molecular complexity index is 154. The zero-order valence-corrected chi connectivity index (χ0v) is 7.42. The van der Waals surface area contributed by atoms with E-state index in [1.165, 1.54) is 25.7 Å². The maximum atomic E-state index is 8.51. The molecule has 0 aromatic heterocycles. The number of nitrogens with zero attached hydrogens (tertiary/aromatic N) is 1. The molecule has 0 aromatic carbocycles. The van der Waals surface area contributed by atoms with Crippen molar-refractivity contribution in [1.82, 2.24) is 5.43 Å². The van der Waals surface area contributed by atoms with E-state index in [4.69, 9.17) is 11.1 Å². The third-order valence-electron chi connectivity index (χ3n) is 2.75. The van der Waals surface area contributed by atoms with E-state index in [1.54, 1.807) is 0 Å². The molecule has 0 amide bonds. The van der Waals surface area contributed by atoms with Gasteiger partial charge in [-0.2, -0.15) is 5.26 Å². The SMILES string of the molecule is N#CCC1CCC(CNN)CC1. The van der Waals surface area contributed by atoms with Gasteiger partial charge in [0.05, 0.1) is 6.07 Å². The van der Waals surface area contributed by atoms with Crippen molar-refractivity contribution in [3.8, 4) is 6.07 Å². The Hall–Kier alpha value is -0.590. The lowest BCUT2D eigenvalue weighted by Gasteiger charge is -2.26. The van der Waals surface area contributed by atoms with Gasteiger partial charge in [0.1, 0.15) is 0 Å². The number of nitrogens with two attached hydrogens (primary N) is 1. The first-order valence-electron chi connectivity index (χ1n) is 4.67. The van der Waals surface area contributed by atoms with Gasteiger partial charge in [-0.25, -0.2) is 0 Å². The minimum absolute atomic E-state index is 0.657. The number of nitriles is 1. The summed E-state index contributed by atoms with van der Waals surface area (Å²) in [5.74, 6) is 6.65. The number of nitrogens with one attached hydrogen (secondary N) is 1. The number of rotatable bonds is 3. The van der Waals surface area contributed by atoms with Gasteiger partial charge in [0.15, 0.2) is 0 Å². The molecular weight excluding hydrogens is 150 g/mol. The van der Waals surface area contributed by atoms with Crippen molar-refractivity contribution in [3.05, 3.63) is 0 Å². The Morgan fingerprint density at radius 3 is 2.33 bits per heavy atom. The van der Waals surface area contributed by atoms with Crippen molar-refractivity contribution in [3.63, 3.8) is 0 Å². The second-order valence-electron chi connectivity index (χ2n) is 3.66. The molecular formula is C9H17N3. The number of hydrogen-bond donors (Lipinski definition) is 2. The highest BCUT2D eigenvalue weighted by Crippen LogP contribution is 2.29. The fourth-order valence-electron chi connectivity index (χ4n) is 1.94. The molecule has 0 aromatic rings.